The number of anilines is 3. The topological polar surface area (TPSA) is 414 Å². The summed E-state index contributed by atoms with van der Waals surface area (Å²) in [6.45, 7) is 6.71. The van der Waals surface area contributed by atoms with E-state index in [0.29, 0.717) is 79.5 Å². The first-order valence-corrected chi connectivity index (χ1v) is 39.4. The smallest absolute Gasteiger partial charge is 1.00 e. The Bertz CT molecular complexity index is 4240. The Morgan fingerprint density at radius 3 is 1.59 bits per heavy atom. The molecule has 7 heterocycles. The summed E-state index contributed by atoms with van der Waals surface area (Å²) < 4.78 is 87.4. The number of methoxy groups -OCH3 is 6. The van der Waals surface area contributed by atoms with E-state index in [0.717, 1.165) is 152 Å². The minimum atomic E-state index is -0.814. The molecule has 2 amide bonds. The van der Waals surface area contributed by atoms with Crippen molar-refractivity contribution >= 4 is 46.5 Å². The Balaban J connectivity index is 0.000000217. The standard InChI is InChI=1S/C18H17N3O4.C18H27N3O3.C11H13N3O2.C10H18O3.C9H16O3.C7H5ClO2.C6H4FN3.C5H10O2.Na.H/c1-23-12-18(7-8-18)25-15-9-16(20-11-13(15)10-19)21-17(22)24-14-5-3-2-4-6-14;1-20-8-9-21(16(22)12-20)11-14-10-13-6-4-5-7-15(13)19-17(14)18(23-2)24-3;1-15-7-11(2-3-11)16-9-4-10(13)14-6-8(9)5-12;1-11-8-10(5-6-10)13-9-4-2-3-7-12-9;10-7-9(4-5-9)12-8-3-1-2-6-11-8;8-7(9)10-6-4-2-1-3-5-6;7-5-1-6(9)10-3-4(5)2-8;1-7-4-5(6)2-3-5;;/h2-6,9,11H,7-8,12H2,1H3,(H,20,21,22);10,18H,4-9,11-12H2,1-3H3;4,6H,2-3,7H2,1H3,(H2,13,14);9H,2-8H2,1H3;8,10H,1-7H2;1-5H;1,3H,(H2,9,10);6H,2-4H2,1H3;;/q;;;;;;;;+1;-1. The van der Waals surface area contributed by atoms with E-state index in [1.807, 2.05) is 36.2 Å². The fourth-order valence-corrected chi connectivity index (χ4v) is 12.5. The van der Waals surface area contributed by atoms with E-state index in [2.05, 4.69) is 36.0 Å². The molecular weight excluding hydrogens is 1560 g/mol. The number of aromatic nitrogens is 4. The van der Waals surface area contributed by atoms with Gasteiger partial charge in [0.2, 0.25) is 12.2 Å². The fourth-order valence-electron chi connectivity index (χ4n) is 12.4. The van der Waals surface area contributed by atoms with Crippen molar-refractivity contribution in [3.8, 4) is 41.2 Å². The van der Waals surface area contributed by atoms with Crippen LogP contribution in [0.5, 0.6) is 23.0 Å². The Morgan fingerprint density at radius 1 is 0.644 bits per heavy atom. The number of benzene rings is 2. The van der Waals surface area contributed by atoms with Gasteiger partial charge in [0.1, 0.15) is 98.1 Å². The molecule has 9 aliphatic rings. The number of carbonyl (C=O) groups is 3. The zero-order valence-corrected chi connectivity index (χ0v) is 71.5. The zero-order valence-electron chi connectivity index (χ0n) is 69.7. The number of likely N-dealkylation sites (N-methyl/N-ethyl adjacent to an activating group) is 1. The normalized spacial score (nSPS) is 19.0. The number of hydrogen-bond donors (Lipinski definition) is 5. The van der Waals surface area contributed by atoms with Gasteiger partial charge in [-0.3, -0.25) is 20.0 Å². The molecule has 34 heteroatoms. The summed E-state index contributed by atoms with van der Waals surface area (Å²) in [6, 6.07) is 29.4. The molecule has 3 saturated heterocycles. The van der Waals surface area contributed by atoms with Crippen molar-refractivity contribution in [2.24, 2.45) is 0 Å². The Hall–Kier alpha value is -8.38. The van der Waals surface area contributed by atoms with Crippen LogP contribution in [0.25, 0.3) is 0 Å². The number of nitrogens with zero attached hydrogens (tertiary/aromatic N) is 9. The number of nitrogens with two attached hydrogens (primary N) is 2. The van der Waals surface area contributed by atoms with Gasteiger partial charge in [-0.15, -0.1) is 0 Å². The van der Waals surface area contributed by atoms with Crippen LogP contribution in [0.3, 0.4) is 0 Å². The number of nitrogens with one attached hydrogen (secondary N) is 1. The molecule has 3 aliphatic heterocycles. The van der Waals surface area contributed by atoms with Gasteiger partial charge in [0, 0.05) is 111 Å². The number of aryl methyl sites for hydroxylation is 2. The van der Waals surface area contributed by atoms with Gasteiger partial charge in [-0.1, -0.05) is 42.5 Å². The van der Waals surface area contributed by atoms with Crippen molar-refractivity contribution < 1.29 is 126 Å². The zero-order chi connectivity index (χ0) is 84.3. The van der Waals surface area contributed by atoms with Crippen molar-refractivity contribution in [2.75, 3.05) is 132 Å². The van der Waals surface area contributed by atoms with Crippen LogP contribution in [-0.4, -0.2) is 214 Å². The predicted octanol–water partition coefficient (Wildman–Crippen LogP) is 8.88. The number of piperazine rings is 1. The van der Waals surface area contributed by atoms with Crippen molar-refractivity contribution in [1.29, 1.82) is 15.8 Å². The number of rotatable bonds is 25. The number of carbonyl (C=O) groups excluding carboxylic acids is 3. The minimum absolute atomic E-state index is 0. The molecule has 2 aromatic carbocycles. The van der Waals surface area contributed by atoms with Crippen LogP contribution >= 0.6 is 11.6 Å². The van der Waals surface area contributed by atoms with Gasteiger partial charge in [-0.25, -0.2) is 28.9 Å². The van der Waals surface area contributed by atoms with E-state index >= 15 is 0 Å². The molecule has 118 heavy (non-hydrogen) atoms. The van der Waals surface area contributed by atoms with Crippen LogP contribution in [0, 0.1) is 39.8 Å². The predicted molar refractivity (Wildman–Crippen MR) is 429 cm³/mol. The molecule has 2 unspecified atom stereocenters. The maximum Gasteiger partial charge on any atom is 1.00 e. The molecule has 636 valence electrons. The van der Waals surface area contributed by atoms with Gasteiger partial charge < -0.3 is 94.3 Å². The summed E-state index contributed by atoms with van der Waals surface area (Å²) in [5.41, 5.74) is 13.5. The first-order valence-electron chi connectivity index (χ1n) is 39.1. The first kappa shape index (κ1) is 96.7. The third-order valence-corrected chi connectivity index (χ3v) is 19.8. The summed E-state index contributed by atoms with van der Waals surface area (Å²) in [5, 5.41) is 46.9. The minimum Gasteiger partial charge on any atom is -1.00 e. The number of hydrogen-bond acceptors (Lipinski definition) is 29. The van der Waals surface area contributed by atoms with Gasteiger partial charge in [-0.2, -0.15) is 15.8 Å². The van der Waals surface area contributed by atoms with Crippen LogP contribution in [0.4, 0.5) is 31.4 Å². The molecule has 6 aromatic rings. The number of pyridine rings is 4. The first-order chi connectivity index (χ1) is 56.4. The van der Waals surface area contributed by atoms with E-state index in [1.54, 1.807) is 103 Å². The Morgan fingerprint density at radius 2 is 1.14 bits per heavy atom. The average molecular weight is 1670 g/mol. The van der Waals surface area contributed by atoms with E-state index in [4.69, 9.17) is 110 Å². The second-order valence-electron chi connectivity index (χ2n) is 29.7. The summed E-state index contributed by atoms with van der Waals surface area (Å²) in [4.78, 5) is 54.7. The second kappa shape index (κ2) is 48.8. The maximum atomic E-state index is 12.5. The molecule has 8 fully saturated rings. The Labute approximate surface area is 718 Å². The number of nitrogen functional groups attached to an aromatic ring is 2. The van der Waals surface area contributed by atoms with Crippen LogP contribution in [0.15, 0.2) is 104 Å². The van der Waals surface area contributed by atoms with Crippen LogP contribution in [-0.2, 0) is 71.5 Å². The van der Waals surface area contributed by atoms with Crippen LogP contribution in [0.2, 0.25) is 0 Å². The van der Waals surface area contributed by atoms with E-state index in [1.165, 1.54) is 56.1 Å². The second-order valence-corrected chi connectivity index (χ2v) is 30.0. The molecule has 6 aliphatic carbocycles. The van der Waals surface area contributed by atoms with E-state index in [-0.39, 0.29) is 90.1 Å². The SMILES string of the molecule is COC(OC)c1nc2c(cc1CN1CCN(C)CC1=O)CCCC2.COCC1(O)CC1.COCC1(OC2CCCCO2)CC1.COCC1(Oc2cc(N)ncc2C#N)CC1.COCC1(Oc2cc(NC(=O)Oc3ccccc3)ncc2C#N)CC1.N#Cc1cnc(N)cc1F.O=C(Cl)Oc1ccccc1.OCC1(OC2CCCCO2)CC1.[H-].[Na+]. The number of aliphatic hydroxyl groups excluding tert-OH is 1. The van der Waals surface area contributed by atoms with Gasteiger partial charge in [0.15, 0.2) is 12.6 Å². The van der Waals surface area contributed by atoms with Gasteiger partial charge in [0.05, 0.1) is 75.0 Å². The number of nitriles is 3. The van der Waals surface area contributed by atoms with Crippen molar-refractivity contribution in [2.45, 2.75) is 182 Å². The number of amides is 2. The summed E-state index contributed by atoms with van der Waals surface area (Å²) >= 11 is 4.95. The fraction of sp³-hybridized carbons (Fsp3) is 0.548. The molecule has 2 atom stereocenters. The van der Waals surface area contributed by atoms with Crippen LogP contribution < -0.4 is 65.3 Å². The van der Waals surface area contributed by atoms with Gasteiger partial charge >= 0.3 is 41.1 Å². The Kier molecular flexibility index (Phi) is 40.0. The quantitative estimate of drug-likeness (QED) is 0.0203. The van der Waals surface area contributed by atoms with E-state index < -0.39 is 34.8 Å². The summed E-state index contributed by atoms with van der Waals surface area (Å²) in [6.07, 6.45) is 23.6. The molecule has 5 saturated carbocycles. The number of fused-ring (bicyclic) bond motifs is 1. The molecule has 4 aromatic heterocycles. The number of halogens is 2. The van der Waals surface area contributed by atoms with Crippen molar-refractivity contribution in [1.82, 2.24) is 29.7 Å². The van der Waals surface area contributed by atoms with Gasteiger partial charge in [0.25, 0.3) is 0 Å². The van der Waals surface area contributed by atoms with Crippen molar-refractivity contribution in [3.05, 3.63) is 149 Å². The van der Waals surface area contributed by atoms with Crippen LogP contribution in [0.1, 0.15) is 162 Å². The largest absolute Gasteiger partial charge is 1.00 e. The van der Waals surface area contributed by atoms with Crippen molar-refractivity contribution in [3.63, 3.8) is 0 Å². The summed E-state index contributed by atoms with van der Waals surface area (Å²) in [5.74, 6) is 1.94. The molecule has 0 radical (unpaired) electrons. The molecule has 7 N–H and O–H groups in total. The number of aliphatic hydroxyl groups is 2. The molecular formula is C84H111ClFN12NaO19. The third-order valence-electron chi connectivity index (χ3n) is 19.7. The maximum absolute atomic E-state index is 12.5. The number of para-hydroxylation sites is 2. The molecule has 0 spiro atoms. The summed E-state index contributed by atoms with van der Waals surface area (Å²) in [7, 11) is 11.8. The third kappa shape index (κ3) is 33.0. The van der Waals surface area contributed by atoms with E-state index in [9.17, 15) is 24.0 Å². The number of ether oxygens (including phenoxy) is 14. The average Bonchev–Trinajstić information content (AvgIpc) is 1.73. The molecule has 15 rings (SSSR count). The van der Waals surface area contributed by atoms with Gasteiger partial charge in [-0.05, 0) is 171 Å². The monoisotopic (exact) mass is 1670 g/mol. The molecule has 0 bridgehead atoms. The molecule has 31 nitrogen and oxygen atoms in total.